The van der Waals surface area contributed by atoms with E-state index >= 15 is 0 Å². The van der Waals surface area contributed by atoms with Gasteiger partial charge in [0.2, 0.25) is 5.91 Å². The number of hydrogen-bond donors (Lipinski definition) is 1. The molecule has 5 nitrogen and oxygen atoms in total. The van der Waals surface area contributed by atoms with Crippen LogP contribution < -0.4 is 10.1 Å². The summed E-state index contributed by atoms with van der Waals surface area (Å²) < 4.78 is 12.4. The zero-order valence-electron chi connectivity index (χ0n) is 11.9. The van der Waals surface area contributed by atoms with Crippen molar-refractivity contribution in [2.24, 2.45) is 0 Å². The zero-order chi connectivity index (χ0) is 14.4. The molecule has 0 spiro atoms. The molecular formula is C15H20N2O3. The lowest BCUT2D eigenvalue weighted by atomic mass is 10.2. The van der Waals surface area contributed by atoms with Gasteiger partial charge in [0.15, 0.2) is 0 Å². The van der Waals surface area contributed by atoms with Gasteiger partial charge in [0.25, 0.3) is 0 Å². The van der Waals surface area contributed by atoms with E-state index in [1.54, 1.807) is 7.11 Å². The number of benzene rings is 1. The van der Waals surface area contributed by atoms with Gasteiger partial charge in [-0.2, -0.15) is 0 Å². The number of nitrogens with one attached hydrogen (secondary N) is 1. The Morgan fingerprint density at radius 1 is 1.35 bits per heavy atom. The molecule has 2 rings (SSSR count). The number of aromatic nitrogens is 1. The van der Waals surface area contributed by atoms with Gasteiger partial charge in [0.05, 0.1) is 18.7 Å². The third-order valence-corrected chi connectivity index (χ3v) is 3.02. The van der Waals surface area contributed by atoms with Gasteiger partial charge < -0.3 is 19.4 Å². The number of fused-ring (bicyclic) bond motifs is 1. The van der Waals surface area contributed by atoms with E-state index in [1.807, 2.05) is 42.0 Å². The van der Waals surface area contributed by atoms with E-state index in [0.717, 1.165) is 16.7 Å². The first kappa shape index (κ1) is 14.4. The van der Waals surface area contributed by atoms with Crippen LogP contribution in [0.2, 0.25) is 0 Å². The minimum Gasteiger partial charge on any atom is -0.493 e. The fourth-order valence-corrected chi connectivity index (χ4v) is 2.12. The minimum atomic E-state index is -0.0265. The number of hydrogen-bond acceptors (Lipinski definition) is 3. The second-order valence-corrected chi connectivity index (χ2v) is 4.41. The van der Waals surface area contributed by atoms with Crippen LogP contribution in [-0.4, -0.2) is 37.3 Å². The van der Waals surface area contributed by atoms with Crippen LogP contribution in [0.5, 0.6) is 5.75 Å². The number of methoxy groups -OCH3 is 1. The van der Waals surface area contributed by atoms with Crippen LogP contribution in [0.25, 0.3) is 10.9 Å². The van der Waals surface area contributed by atoms with Crippen molar-refractivity contribution in [3.05, 3.63) is 30.5 Å². The van der Waals surface area contributed by atoms with Crippen molar-refractivity contribution in [1.29, 1.82) is 0 Å². The maximum atomic E-state index is 11.8. The summed E-state index contributed by atoms with van der Waals surface area (Å²) in [4.78, 5) is 11.8. The third kappa shape index (κ3) is 3.30. The van der Waals surface area contributed by atoms with Crippen molar-refractivity contribution in [1.82, 2.24) is 9.88 Å². The summed E-state index contributed by atoms with van der Waals surface area (Å²) in [6, 6.07) is 7.84. The van der Waals surface area contributed by atoms with Crippen LogP contribution in [-0.2, 0) is 16.1 Å². The van der Waals surface area contributed by atoms with Gasteiger partial charge in [-0.3, -0.25) is 4.79 Å². The highest BCUT2D eigenvalue weighted by Crippen LogP contribution is 2.26. The van der Waals surface area contributed by atoms with E-state index in [0.29, 0.717) is 26.3 Å². The average molecular weight is 276 g/mol. The quantitative estimate of drug-likeness (QED) is 0.785. The van der Waals surface area contributed by atoms with Crippen LogP contribution >= 0.6 is 0 Å². The van der Waals surface area contributed by atoms with Crippen molar-refractivity contribution in [2.75, 3.05) is 26.9 Å². The van der Waals surface area contributed by atoms with Gasteiger partial charge in [-0.15, -0.1) is 0 Å². The topological polar surface area (TPSA) is 52.5 Å². The Morgan fingerprint density at radius 2 is 2.20 bits per heavy atom. The van der Waals surface area contributed by atoms with Gasteiger partial charge in [0, 0.05) is 25.2 Å². The summed E-state index contributed by atoms with van der Waals surface area (Å²) in [6.45, 7) is 3.93. The normalized spacial score (nSPS) is 10.7. The maximum absolute atomic E-state index is 11.8. The number of ether oxygens (including phenoxy) is 2. The van der Waals surface area contributed by atoms with Crippen molar-refractivity contribution in [3.8, 4) is 5.75 Å². The summed E-state index contributed by atoms with van der Waals surface area (Å²) >= 11 is 0. The standard InChI is InChI=1S/C15H20N2O3/c1-3-20-14-6-4-5-13-12(14)7-9-17(13)11-15(18)16-8-10-19-2/h4-7,9H,3,8,10-11H2,1-2H3,(H,16,18). The molecule has 0 saturated carbocycles. The predicted octanol–water partition coefficient (Wildman–Crippen LogP) is 1.80. The lowest BCUT2D eigenvalue weighted by molar-refractivity contribution is -0.121. The highest BCUT2D eigenvalue weighted by atomic mass is 16.5. The number of rotatable bonds is 7. The first-order valence-electron chi connectivity index (χ1n) is 6.72. The van der Waals surface area contributed by atoms with E-state index in [1.165, 1.54) is 0 Å². The molecule has 0 aliphatic heterocycles. The SMILES string of the molecule is CCOc1cccc2c1ccn2CC(=O)NCCOC. The molecule has 0 fully saturated rings. The van der Waals surface area contributed by atoms with Crippen molar-refractivity contribution in [2.45, 2.75) is 13.5 Å². The lowest BCUT2D eigenvalue weighted by Gasteiger charge is -2.08. The molecule has 0 aliphatic carbocycles. The molecule has 5 heteroatoms. The Hall–Kier alpha value is -2.01. The van der Waals surface area contributed by atoms with Crippen molar-refractivity contribution in [3.63, 3.8) is 0 Å². The average Bonchev–Trinajstić information content (AvgIpc) is 2.84. The number of carbonyl (C=O) groups is 1. The van der Waals surface area contributed by atoms with E-state index in [9.17, 15) is 4.79 Å². The molecule has 20 heavy (non-hydrogen) atoms. The van der Waals surface area contributed by atoms with E-state index in [2.05, 4.69) is 5.32 Å². The molecule has 0 bridgehead atoms. The van der Waals surface area contributed by atoms with Gasteiger partial charge in [0.1, 0.15) is 12.3 Å². The second-order valence-electron chi connectivity index (χ2n) is 4.41. The number of carbonyl (C=O) groups excluding carboxylic acids is 1. The largest absolute Gasteiger partial charge is 0.493 e. The van der Waals surface area contributed by atoms with Gasteiger partial charge in [-0.25, -0.2) is 0 Å². The van der Waals surface area contributed by atoms with E-state index in [-0.39, 0.29) is 5.91 Å². The van der Waals surface area contributed by atoms with Crippen LogP contribution in [0, 0.1) is 0 Å². The molecule has 0 saturated heterocycles. The number of nitrogens with zero attached hydrogens (tertiary/aromatic N) is 1. The minimum absolute atomic E-state index is 0.0265. The molecule has 108 valence electrons. The summed E-state index contributed by atoms with van der Waals surface area (Å²) in [5.74, 6) is 0.824. The molecule has 1 N–H and O–H groups in total. The first-order chi connectivity index (χ1) is 9.76. The van der Waals surface area contributed by atoms with E-state index in [4.69, 9.17) is 9.47 Å². The molecule has 1 amide bonds. The molecule has 1 aromatic carbocycles. The Bertz CT molecular complexity index is 578. The number of amides is 1. The molecule has 1 aromatic heterocycles. The summed E-state index contributed by atoms with van der Waals surface area (Å²) in [5.41, 5.74) is 0.998. The van der Waals surface area contributed by atoms with Gasteiger partial charge in [-0.1, -0.05) is 6.07 Å². The Morgan fingerprint density at radius 3 is 2.95 bits per heavy atom. The second kappa shape index (κ2) is 6.96. The Balaban J connectivity index is 2.11. The third-order valence-electron chi connectivity index (χ3n) is 3.02. The molecule has 0 unspecified atom stereocenters. The van der Waals surface area contributed by atoms with Crippen LogP contribution in [0.15, 0.2) is 30.5 Å². The van der Waals surface area contributed by atoms with Crippen molar-refractivity contribution >= 4 is 16.8 Å². The molecule has 0 radical (unpaired) electrons. The fourth-order valence-electron chi connectivity index (χ4n) is 2.12. The molecule has 0 aliphatic rings. The Kier molecular flexibility index (Phi) is 5.01. The molecule has 1 heterocycles. The highest BCUT2D eigenvalue weighted by Gasteiger charge is 2.08. The Labute approximate surface area is 118 Å². The van der Waals surface area contributed by atoms with Crippen molar-refractivity contribution < 1.29 is 14.3 Å². The van der Waals surface area contributed by atoms with E-state index < -0.39 is 0 Å². The van der Waals surface area contributed by atoms with Crippen LogP contribution in [0.1, 0.15) is 6.92 Å². The monoisotopic (exact) mass is 276 g/mol. The first-order valence-corrected chi connectivity index (χ1v) is 6.72. The van der Waals surface area contributed by atoms with Crippen LogP contribution in [0.4, 0.5) is 0 Å². The molecule has 0 atom stereocenters. The molecular weight excluding hydrogens is 256 g/mol. The lowest BCUT2D eigenvalue weighted by Crippen LogP contribution is -2.30. The van der Waals surface area contributed by atoms with Gasteiger partial charge >= 0.3 is 0 Å². The summed E-state index contributed by atoms with van der Waals surface area (Å²) in [6.07, 6.45) is 1.91. The van der Waals surface area contributed by atoms with Gasteiger partial charge in [-0.05, 0) is 25.1 Å². The molecule has 2 aromatic rings. The zero-order valence-corrected chi connectivity index (χ0v) is 11.9. The van der Waals surface area contributed by atoms with Crippen LogP contribution in [0.3, 0.4) is 0 Å². The smallest absolute Gasteiger partial charge is 0.240 e. The maximum Gasteiger partial charge on any atom is 0.240 e. The summed E-state index contributed by atoms with van der Waals surface area (Å²) in [5, 5.41) is 3.84. The predicted molar refractivity (Wildman–Crippen MR) is 78.0 cm³/mol. The fraction of sp³-hybridized carbons (Fsp3) is 0.400. The summed E-state index contributed by atoms with van der Waals surface area (Å²) in [7, 11) is 1.61. The highest BCUT2D eigenvalue weighted by molar-refractivity contribution is 5.88.